The molecule has 2 aromatic carbocycles. The Hall–Kier alpha value is -2.40. The third-order valence-corrected chi connectivity index (χ3v) is 2.63. The molecule has 0 atom stereocenters. The van der Waals surface area contributed by atoms with Gasteiger partial charge in [-0.05, 0) is 36.4 Å². The second-order valence-electron chi connectivity index (χ2n) is 4.01. The highest BCUT2D eigenvalue weighted by molar-refractivity contribution is 6.04. The summed E-state index contributed by atoms with van der Waals surface area (Å²) >= 11 is 0. The summed E-state index contributed by atoms with van der Waals surface area (Å²) in [5, 5.41) is 11.9. The van der Waals surface area contributed by atoms with E-state index in [1.807, 2.05) is 0 Å². The number of aromatic hydroxyl groups is 1. The lowest BCUT2D eigenvalue weighted by atomic mass is 10.1. The lowest BCUT2D eigenvalue weighted by Crippen LogP contribution is -2.12. The topological polar surface area (TPSA) is 75.3 Å². The molecule has 4 N–H and O–H groups in total. The van der Waals surface area contributed by atoms with Crippen molar-refractivity contribution in [3.8, 4) is 5.75 Å². The first-order valence-corrected chi connectivity index (χ1v) is 5.69. The first-order chi connectivity index (χ1) is 9.10. The lowest BCUT2D eigenvalue weighted by Gasteiger charge is -2.07. The van der Waals surface area contributed by atoms with Crippen LogP contribution in [0, 0.1) is 5.82 Å². The highest BCUT2D eigenvalue weighted by Gasteiger charge is 2.08. The fraction of sp³-hybridized carbons (Fsp3) is 0.0714. The van der Waals surface area contributed by atoms with Crippen LogP contribution in [0.1, 0.15) is 15.9 Å². The molecule has 0 bridgehead atoms. The maximum Gasteiger partial charge on any atom is 0.255 e. The quantitative estimate of drug-likeness (QED) is 0.792. The van der Waals surface area contributed by atoms with Crippen LogP contribution in [0.25, 0.3) is 0 Å². The Bertz CT molecular complexity index is 614. The van der Waals surface area contributed by atoms with E-state index in [1.165, 1.54) is 30.3 Å². The summed E-state index contributed by atoms with van der Waals surface area (Å²) in [6.07, 6.45) is 0. The van der Waals surface area contributed by atoms with Gasteiger partial charge in [0.2, 0.25) is 0 Å². The van der Waals surface area contributed by atoms with E-state index < -0.39 is 5.82 Å². The molecule has 2 aromatic rings. The van der Waals surface area contributed by atoms with Crippen LogP contribution >= 0.6 is 0 Å². The van der Waals surface area contributed by atoms with E-state index in [-0.39, 0.29) is 18.2 Å². The highest BCUT2D eigenvalue weighted by atomic mass is 19.1. The van der Waals surface area contributed by atoms with Crippen LogP contribution in [0.5, 0.6) is 5.75 Å². The summed E-state index contributed by atoms with van der Waals surface area (Å²) in [6.45, 7) is 0.0572. The molecule has 0 saturated carbocycles. The van der Waals surface area contributed by atoms with Crippen molar-refractivity contribution in [2.45, 2.75) is 6.54 Å². The number of nitrogens with two attached hydrogens (primary N) is 1. The van der Waals surface area contributed by atoms with Crippen LogP contribution in [0.15, 0.2) is 42.5 Å². The predicted octanol–water partition coefficient (Wildman–Crippen LogP) is 2.24. The van der Waals surface area contributed by atoms with Gasteiger partial charge in [0.05, 0.1) is 0 Å². The normalized spacial score (nSPS) is 10.2. The van der Waals surface area contributed by atoms with Crippen molar-refractivity contribution in [1.29, 1.82) is 0 Å². The van der Waals surface area contributed by atoms with E-state index in [4.69, 9.17) is 5.73 Å². The summed E-state index contributed by atoms with van der Waals surface area (Å²) in [5.74, 6) is -0.780. The molecular weight excluding hydrogens is 247 g/mol. The number of hydrogen-bond acceptors (Lipinski definition) is 3. The van der Waals surface area contributed by atoms with E-state index in [0.29, 0.717) is 16.8 Å². The van der Waals surface area contributed by atoms with Gasteiger partial charge in [-0.1, -0.05) is 6.07 Å². The first-order valence-electron chi connectivity index (χ1n) is 5.69. The zero-order valence-electron chi connectivity index (χ0n) is 10.1. The molecule has 2 rings (SSSR count). The van der Waals surface area contributed by atoms with Crippen molar-refractivity contribution in [3.63, 3.8) is 0 Å². The maximum atomic E-state index is 13.3. The van der Waals surface area contributed by atoms with Crippen molar-refractivity contribution in [2.75, 3.05) is 5.32 Å². The second-order valence-corrected chi connectivity index (χ2v) is 4.01. The fourth-order valence-electron chi connectivity index (χ4n) is 1.66. The van der Waals surface area contributed by atoms with Gasteiger partial charge in [-0.25, -0.2) is 4.39 Å². The summed E-state index contributed by atoms with van der Waals surface area (Å²) in [5.41, 5.74) is 6.50. The summed E-state index contributed by atoms with van der Waals surface area (Å²) in [4.78, 5) is 11.9. The Morgan fingerprint density at radius 3 is 2.74 bits per heavy atom. The molecule has 0 aliphatic rings. The van der Waals surface area contributed by atoms with E-state index >= 15 is 0 Å². The van der Waals surface area contributed by atoms with E-state index in [9.17, 15) is 14.3 Å². The van der Waals surface area contributed by atoms with E-state index in [1.54, 1.807) is 12.1 Å². The maximum absolute atomic E-state index is 13.3. The molecule has 0 saturated heterocycles. The molecule has 0 heterocycles. The van der Waals surface area contributed by atoms with Crippen LogP contribution in [0.3, 0.4) is 0 Å². The van der Waals surface area contributed by atoms with Crippen molar-refractivity contribution in [1.82, 2.24) is 0 Å². The Balaban J connectivity index is 2.19. The van der Waals surface area contributed by atoms with Crippen LogP contribution in [0.2, 0.25) is 0 Å². The van der Waals surface area contributed by atoms with Gasteiger partial charge in [-0.3, -0.25) is 4.79 Å². The van der Waals surface area contributed by atoms with Gasteiger partial charge >= 0.3 is 0 Å². The van der Waals surface area contributed by atoms with Crippen molar-refractivity contribution >= 4 is 11.6 Å². The predicted molar refractivity (Wildman–Crippen MR) is 70.4 cm³/mol. The van der Waals surface area contributed by atoms with Crippen molar-refractivity contribution < 1.29 is 14.3 Å². The number of hydrogen-bond donors (Lipinski definition) is 3. The molecule has 0 aromatic heterocycles. The molecule has 19 heavy (non-hydrogen) atoms. The molecule has 5 heteroatoms. The average Bonchev–Trinajstić information content (AvgIpc) is 2.41. The van der Waals surface area contributed by atoms with Gasteiger partial charge in [0, 0.05) is 23.4 Å². The monoisotopic (exact) mass is 260 g/mol. The second kappa shape index (κ2) is 5.49. The lowest BCUT2D eigenvalue weighted by molar-refractivity contribution is 0.102. The number of amides is 1. The molecule has 98 valence electrons. The number of phenolic OH excluding ortho intramolecular Hbond substituents is 1. The number of carbonyl (C=O) groups is 1. The standard InChI is InChI=1S/C14H13FN2O2/c15-13-5-4-11(6-10(13)8-16)17-14(19)9-2-1-3-12(18)7-9/h1-7,18H,8,16H2,(H,17,19). The van der Waals surface area contributed by atoms with Gasteiger partial charge in [0.15, 0.2) is 0 Å². The number of rotatable bonds is 3. The largest absolute Gasteiger partial charge is 0.508 e. The molecule has 1 amide bonds. The third kappa shape index (κ3) is 3.08. The fourth-order valence-corrected chi connectivity index (χ4v) is 1.66. The molecule has 0 fully saturated rings. The molecule has 0 spiro atoms. The highest BCUT2D eigenvalue weighted by Crippen LogP contribution is 2.17. The third-order valence-electron chi connectivity index (χ3n) is 2.63. The molecule has 4 nitrogen and oxygen atoms in total. The number of halogens is 1. The number of benzene rings is 2. The first kappa shape index (κ1) is 13.0. The zero-order valence-corrected chi connectivity index (χ0v) is 10.1. The van der Waals surface area contributed by atoms with Gasteiger partial charge in [0.25, 0.3) is 5.91 Å². The Labute approximate surface area is 109 Å². The summed E-state index contributed by atoms with van der Waals surface area (Å²) < 4.78 is 13.3. The summed E-state index contributed by atoms with van der Waals surface area (Å²) in [7, 11) is 0. The number of phenols is 1. The minimum absolute atomic E-state index is 0.00871. The molecule has 0 aliphatic heterocycles. The zero-order chi connectivity index (χ0) is 13.8. The molecular formula is C14H13FN2O2. The van der Waals surface area contributed by atoms with Crippen LogP contribution in [-0.2, 0) is 6.54 Å². The van der Waals surface area contributed by atoms with Crippen LogP contribution < -0.4 is 11.1 Å². The molecule has 0 radical (unpaired) electrons. The number of anilines is 1. The molecule has 0 unspecified atom stereocenters. The minimum atomic E-state index is -0.405. The SMILES string of the molecule is NCc1cc(NC(=O)c2cccc(O)c2)ccc1F. The van der Waals surface area contributed by atoms with Crippen molar-refractivity contribution in [2.24, 2.45) is 5.73 Å². The summed E-state index contributed by atoms with van der Waals surface area (Å²) in [6, 6.07) is 10.2. The van der Waals surface area contributed by atoms with Gasteiger partial charge in [0.1, 0.15) is 11.6 Å². The van der Waals surface area contributed by atoms with E-state index in [2.05, 4.69) is 5.32 Å². The number of nitrogens with one attached hydrogen (secondary N) is 1. The van der Waals surface area contributed by atoms with Gasteiger partial charge in [-0.15, -0.1) is 0 Å². The van der Waals surface area contributed by atoms with Crippen molar-refractivity contribution in [3.05, 3.63) is 59.4 Å². The van der Waals surface area contributed by atoms with Crippen LogP contribution in [-0.4, -0.2) is 11.0 Å². The van der Waals surface area contributed by atoms with Gasteiger partial charge in [-0.2, -0.15) is 0 Å². The van der Waals surface area contributed by atoms with Crippen LogP contribution in [0.4, 0.5) is 10.1 Å². The molecule has 0 aliphatic carbocycles. The average molecular weight is 260 g/mol. The number of carbonyl (C=O) groups excluding carboxylic acids is 1. The Morgan fingerprint density at radius 1 is 1.26 bits per heavy atom. The Morgan fingerprint density at radius 2 is 2.05 bits per heavy atom. The smallest absolute Gasteiger partial charge is 0.255 e. The van der Waals surface area contributed by atoms with E-state index in [0.717, 1.165) is 0 Å². The van der Waals surface area contributed by atoms with Gasteiger partial charge < -0.3 is 16.2 Å². The minimum Gasteiger partial charge on any atom is -0.508 e. The Kier molecular flexibility index (Phi) is 3.77.